The Labute approximate surface area is 173 Å². The van der Waals surface area contributed by atoms with E-state index in [0.717, 1.165) is 11.8 Å². The van der Waals surface area contributed by atoms with Crippen molar-refractivity contribution in [2.45, 2.75) is 19.6 Å². The van der Waals surface area contributed by atoms with Crippen LogP contribution in [0, 0.1) is 5.82 Å². The second-order valence-corrected chi connectivity index (χ2v) is 8.13. The third-order valence-electron chi connectivity index (χ3n) is 4.31. The molecule has 8 nitrogen and oxygen atoms in total. The average molecular weight is 433 g/mol. The van der Waals surface area contributed by atoms with E-state index in [0.29, 0.717) is 35.7 Å². The van der Waals surface area contributed by atoms with Crippen molar-refractivity contribution >= 4 is 16.1 Å². The first-order valence-electron chi connectivity index (χ1n) is 8.95. The van der Waals surface area contributed by atoms with Gasteiger partial charge in [-0.2, -0.15) is 8.42 Å². The maximum atomic E-state index is 13.2. The number of methoxy groups -OCH3 is 1. The summed E-state index contributed by atoms with van der Waals surface area (Å²) in [4.78, 5) is 20.5. The summed E-state index contributed by atoms with van der Waals surface area (Å²) in [5.41, 5.74) is 2.14. The highest BCUT2D eigenvalue weighted by Gasteiger charge is 2.17. The molecule has 0 fully saturated rings. The molecule has 0 aliphatic rings. The van der Waals surface area contributed by atoms with Crippen LogP contribution >= 0.6 is 0 Å². The fourth-order valence-electron chi connectivity index (χ4n) is 2.84. The molecule has 0 saturated heterocycles. The Morgan fingerprint density at radius 2 is 1.90 bits per heavy atom. The maximum Gasteiger partial charge on any atom is 0.337 e. The number of imidazole rings is 1. The molecule has 0 radical (unpaired) electrons. The van der Waals surface area contributed by atoms with Crippen LogP contribution in [0.2, 0.25) is 0 Å². The molecule has 0 bridgehead atoms. The number of pyridine rings is 1. The number of carbonyl (C=O) groups is 1. The predicted molar refractivity (Wildman–Crippen MR) is 107 cm³/mol. The number of rotatable bonds is 8. The second-order valence-electron chi connectivity index (χ2n) is 6.49. The molecule has 0 aliphatic carbocycles. The van der Waals surface area contributed by atoms with E-state index in [1.165, 1.54) is 37.7 Å². The lowest BCUT2D eigenvalue weighted by molar-refractivity contribution is 0.0600. The highest BCUT2D eigenvalue weighted by molar-refractivity contribution is 7.85. The van der Waals surface area contributed by atoms with E-state index in [1.54, 1.807) is 22.8 Å². The van der Waals surface area contributed by atoms with E-state index in [9.17, 15) is 17.6 Å². The molecule has 0 N–H and O–H groups in total. The summed E-state index contributed by atoms with van der Waals surface area (Å²) in [6.45, 7) is 0.208. The molecule has 2 aromatic heterocycles. The van der Waals surface area contributed by atoms with Gasteiger partial charge in [0, 0.05) is 12.7 Å². The zero-order valence-electron chi connectivity index (χ0n) is 16.4. The minimum absolute atomic E-state index is 0.202. The van der Waals surface area contributed by atoms with Crippen LogP contribution in [0.5, 0.6) is 0 Å². The van der Waals surface area contributed by atoms with Gasteiger partial charge in [0.1, 0.15) is 18.1 Å². The van der Waals surface area contributed by atoms with Crippen LogP contribution in [0.15, 0.2) is 48.8 Å². The Kier molecular flexibility index (Phi) is 6.58. The van der Waals surface area contributed by atoms with Gasteiger partial charge < -0.3 is 9.30 Å². The second kappa shape index (κ2) is 9.14. The number of hydrogen-bond donors (Lipinski definition) is 0. The van der Waals surface area contributed by atoms with Gasteiger partial charge in [0.2, 0.25) is 0 Å². The molecule has 10 heteroatoms. The van der Waals surface area contributed by atoms with E-state index in [1.807, 2.05) is 0 Å². The summed E-state index contributed by atoms with van der Waals surface area (Å²) in [5, 5.41) is 0. The Balaban J connectivity index is 1.94. The van der Waals surface area contributed by atoms with Crippen LogP contribution in [0.3, 0.4) is 0 Å². The van der Waals surface area contributed by atoms with Crippen molar-refractivity contribution < 1.29 is 26.5 Å². The number of carbonyl (C=O) groups excluding carboxylic acids is 1. The molecule has 0 spiro atoms. The number of esters is 1. The van der Waals surface area contributed by atoms with Crippen molar-refractivity contribution in [3.8, 4) is 11.5 Å². The molecular formula is C20H20FN3O5S. The molecule has 158 valence electrons. The van der Waals surface area contributed by atoms with Crippen molar-refractivity contribution in [2.24, 2.45) is 0 Å². The van der Waals surface area contributed by atoms with Crippen molar-refractivity contribution in [1.29, 1.82) is 0 Å². The summed E-state index contributed by atoms with van der Waals surface area (Å²) in [5.74, 6) is -0.396. The molecule has 0 aliphatic heterocycles. The molecule has 30 heavy (non-hydrogen) atoms. The van der Waals surface area contributed by atoms with E-state index in [-0.39, 0.29) is 12.4 Å². The monoisotopic (exact) mass is 433 g/mol. The van der Waals surface area contributed by atoms with Crippen LogP contribution in [0.4, 0.5) is 4.39 Å². The predicted octanol–water partition coefficient (Wildman–Crippen LogP) is 2.59. The van der Waals surface area contributed by atoms with Gasteiger partial charge in [-0.25, -0.2) is 14.2 Å². The van der Waals surface area contributed by atoms with Gasteiger partial charge in [-0.05, 0) is 36.2 Å². The lowest BCUT2D eigenvalue weighted by Gasteiger charge is -2.12. The smallest absolute Gasteiger partial charge is 0.337 e. The molecule has 0 unspecified atom stereocenters. The Morgan fingerprint density at radius 1 is 1.17 bits per heavy atom. The largest absolute Gasteiger partial charge is 0.465 e. The summed E-state index contributed by atoms with van der Waals surface area (Å²) >= 11 is 0. The summed E-state index contributed by atoms with van der Waals surface area (Å²) < 4.78 is 47.4. The fraction of sp³-hybridized carbons (Fsp3) is 0.250. The minimum Gasteiger partial charge on any atom is -0.465 e. The van der Waals surface area contributed by atoms with Gasteiger partial charge in [-0.15, -0.1) is 0 Å². The third kappa shape index (κ3) is 5.49. The number of aromatic nitrogens is 3. The molecule has 3 rings (SSSR count). The van der Waals surface area contributed by atoms with Gasteiger partial charge in [0.15, 0.2) is 5.82 Å². The zero-order chi connectivity index (χ0) is 21.7. The summed E-state index contributed by atoms with van der Waals surface area (Å²) in [6, 6.07) is 9.17. The highest BCUT2D eigenvalue weighted by Crippen LogP contribution is 2.21. The number of aryl methyl sites for hydroxylation is 1. The van der Waals surface area contributed by atoms with Crippen LogP contribution in [0.25, 0.3) is 11.5 Å². The Hall–Kier alpha value is -3.11. The van der Waals surface area contributed by atoms with Crippen molar-refractivity contribution in [3.05, 3.63) is 71.4 Å². The minimum atomic E-state index is -3.65. The topological polar surface area (TPSA) is 100 Å². The van der Waals surface area contributed by atoms with Gasteiger partial charge in [-0.1, -0.05) is 12.1 Å². The number of nitrogens with zero attached hydrogens (tertiary/aromatic N) is 3. The summed E-state index contributed by atoms with van der Waals surface area (Å²) in [7, 11) is -2.36. The number of ether oxygens (including phenoxy) is 1. The van der Waals surface area contributed by atoms with Gasteiger partial charge in [-0.3, -0.25) is 9.17 Å². The molecule has 3 aromatic rings. The van der Waals surface area contributed by atoms with Crippen LogP contribution in [-0.4, -0.2) is 42.3 Å². The van der Waals surface area contributed by atoms with Gasteiger partial charge in [0.25, 0.3) is 10.1 Å². The summed E-state index contributed by atoms with van der Waals surface area (Å²) in [6.07, 6.45) is 4.46. The van der Waals surface area contributed by atoms with E-state index in [2.05, 4.69) is 9.97 Å². The quantitative estimate of drug-likeness (QED) is 0.398. The fourth-order valence-corrected chi connectivity index (χ4v) is 3.17. The van der Waals surface area contributed by atoms with Crippen molar-refractivity contribution in [3.63, 3.8) is 0 Å². The number of halogens is 1. The standard InChI is InChI=1S/C20H20FN3O5S/c1-28-20(25)15-7-9-22-18(11-15)19-23-12-17(13-29-30(2,26)27)24(19)10-8-14-3-5-16(21)6-4-14/h3-7,9,11-12H,8,10,13H2,1-2H3. The zero-order valence-corrected chi connectivity index (χ0v) is 17.2. The van der Waals surface area contributed by atoms with E-state index in [4.69, 9.17) is 8.92 Å². The highest BCUT2D eigenvalue weighted by atomic mass is 32.2. The molecule has 2 heterocycles. The first-order chi connectivity index (χ1) is 14.3. The van der Waals surface area contributed by atoms with E-state index >= 15 is 0 Å². The maximum absolute atomic E-state index is 13.2. The van der Waals surface area contributed by atoms with Crippen LogP contribution in [-0.2, 0) is 38.6 Å². The normalized spacial score (nSPS) is 11.4. The molecule has 0 saturated carbocycles. The van der Waals surface area contributed by atoms with Crippen molar-refractivity contribution in [1.82, 2.24) is 14.5 Å². The first kappa shape index (κ1) is 21.6. The molecule has 0 amide bonds. The van der Waals surface area contributed by atoms with Crippen molar-refractivity contribution in [2.75, 3.05) is 13.4 Å². The lowest BCUT2D eigenvalue weighted by Crippen LogP contribution is -2.11. The average Bonchev–Trinajstić information content (AvgIpc) is 3.13. The third-order valence-corrected chi connectivity index (χ3v) is 4.85. The van der Waals surface area contributed by atoms with E-state index < -0.39 is 16.1 Å². The Morgan fingerprint density at radius 3 is 2.57 bits per heavy atom. The van der Waals surface area contributed by atoms with Crippen LogP contribution < -0.4 is 0 Å². The van der Waals surface area contributed by atoms with Gasteiger partial charge >= 0.3 is 5.97 Å². The molecular weight excluding hydrogens is 413 g/mol. The molecule has 1 aromatic carbocycles. The number of hydrogen-bond acceptors (Lipinski definition) is 7. The SMILES string of the molecule is COC(=O)c1ccnc(-c2ncc(COS(C)(=O)=O)n2CCc2ccc(F)cc2)c1. The van der Waals surface area contributed by atoms with Crippen LogP contribution in [0.1, 0.15) is 21.6 Å². The number of benzene rings is 1. The van der Waals surface area contributed by atoms with Gasteiger partial charge in [0.05, 0.1) is 30.8 Å². The first-order valence-corrected chi connectivity index (χ1v) is 10.8. The Bertz CT molecular complexity index is 1140. The molecule has 0 atom stereocenters. The lowest BCUT2D eigenvalue weighted by atomic mass is 10.1.